The Balaban J connectivity index is 1.89. The van der Waals surface area contributed by atoms with Crippen molar-refractivity contribution in [2.75, 3.05) is 42.5 Å². The van der Waals surface area contributed by atoms with E-state index in [2.05, 4.69) is 63.9 Å². The Morgan fingerprint density at radius 2 is 1.88 bits per heavy atom. The Labute approximate surface area is 149 Å². The average molecular weight is 339 g/mol. The predicted octanol–water partition coefficient (Wildman–Crippen LogP) is 2.53. The summed E-state index contributed by atoms with van der Waals surface area (Å²) < 4.78 is 0. The lowest BCUT2D eigenvalue weighted by molar-refractivity contribution is -0.118. The first-order chi connectivity index (χ1) is 12.1. The van der Waals surface area contributed by atoms with Gasteiger partial charge < -0.3 is 14.7 Å². The summed E-state index contributed by atoms with van der Waals surface area (Å²) in [5.74, 6) is 2.60. The highest BCUT2D eigenvalue weighted by molar-refractivity contribution is 5.63. The van der Waals surface area contributed by atoms with Crippen LogP contribution in [-0.2, 0) is 4.79 Å². The van der Waals surface area contributed by atoms with Crippen LogP contribution in [0.5, 0.6) is 0 Å². The Hall–Kier alpha value is -2.63. The van der Waals surface area contributed by atoms with E-state index in [0.29, 0.717) is 0 Å². The van der Waals surface area contributed by atoms with Crippen LogP contribution in [0, 0.1) is 13.8 Å². The van der Waals surface area contributed by atoms with Crippen molar-refractivity contribution in [3.05, 3.63) is 41.7 Å². The first-order valence-corrected chi connectivity index (χ1v) is 8.75. The summed E-state index contributed by atoms with van der Waals surface area (Å²) in [4.78, 5) is 26.4. The second kappa shape index (κ2) is 7.51. The predicted molar refractivity (Wildman–Crippen MR) is 100 cm³/mol. The number of piperazine rings is 1. The lowest BCUT2D eigenvalue weighted by Gasteiger charge is -2.34. The van der Waals surface area contributed by atoms with Crippen LogP contribution in [0.15, 0.2) is 30.3 Å². The van der Waals surface area contributed by atoms with E-state index in [-0.39, 0.29) is 0 Å². The van der Waals surface area contributed by atoms with E-state index >= 15 is 0 Å². The van der Waals surface area contributed by atoms with Crippen molar-refractivity contribution in [1.82, 2.24) is 14.9 Å². The quantitative estimate of drug-likeness (QED) is 0.784. The number of rotatable bonds is 5. The summed E-state index contributed by atoms with van der Waals surface area (Å²) in [7, 11) is 0. The van der Waals surface area contributed by atoms with Crippen molar-refractivity contribution in [2.45, 2.75) is 20.8 Å². The second-order valence-electron chi connectivity index (χ2n) is 6.34. The molecule has 0 radical (unpaired) electrons. The van der Waals surface area contributed by atoms with Crippen LogP contribution >= 0.6 is 0 Å². The third-order valence-corrected chi connectivity index (χ3v) is 4.50. The fraction of sp³-hybridized carbons (Fsp3) is 0.421. The fourth-order valence-corrected chi connectivity index (χ4v) is 3.17. The number of nitrogens with zero attached hydrogens (tertiary/aromatic N) is 5. The van der Waals surface area contributed by atoms with Gasteiger partial charge in [-0.2, -0.15) is 0 Å². The summed E-state index contributed by atoms with van der Waals surface area (Å²) in [5, 5.41) is 0. The maximum Gasteiger partial charge on any atom is 0.209 e. The van der Waals surface area contributed by atoms with Crippen LogP contribution < -0.4 is 9.80 Å². The minimum atomic E-state index is 0.733. The van der Waals surface area contributed by atoms with Gasteiger partial charge in [0.05, 0.1) is 0 Å². The van der Waals surface area contributed by atoms with Gasteiger partial charge in [0.2, 0.25) is 6.41 Å². The van der Waals surface area contributed by atoms with Gasteiger partial charge in [0.15, 0.2) is 0 Å². The third-order valence-electron chi connectivity index (χ3n) is 4.50. The number of anilines is 3. The molecule has 0 bridgehead atoms. The highest BCUT2D eigenvalue weighted by Crippen LogP contribution is 2.27. The maximum atomic E-state index is 10.9. The summed E-state index contributed by atoms with van der Waals surface area (Å²) in [6.45, 7) is 10.0. The zero-order valence-electron chi connectivity index (χ0n) is 15.1. The van der Waals surface area contributed by atoms with Gasteiger partial charge in [0.25, 0.3) is 0 Å². The zero-order valence-corrected chi connectivity index (χ0v) is 15.1. The van der Waals surface area contributed by atoms with E-state index in [9.17, 15) is 4.79 Å². The van der Waals surface area contributed by atoms with Crippen LogP contribution in [0.4, 0.5) is 17.3 Å². The van der Waals surface area contributed by atoms with Crippen LogP contribution in [0.1, 0.15) is 18.3 Å². The van der Waals surface area contributed by atoms with Crippen LogP contribution in [-0.4, -0.2) is 54.0 Å². The molecule has 0 unspecified atom stereocenters. The molecule has 25 heavy (non-hydrogen) atoms. The molecule has 1 amide bonds. The van der Waals surface area contributed by atoms with Gasteiger partial charge in [-0.3, -0.25) is 4.79 Å². The Morgan fingerprint density at radius 3 is 2.52 bits per heavy atom. The van der Waals surface area contributed by atoms with E-state index in [0.717, 1.165) is 62.3 Å². The molecule has 0 saturated carbocycles. The lowest BCUT2D eigenvalue weighted by Crippen LogP contribution is -2.46. The van der Waals surface area contributed by atoms with E-state index in [1.54, 1.807) is 4.90 Å². The van der Waals surface area contributed by atoms with Gasteiger partial charge in [0.1, 0.15) is 17.5 Å². The van der Waals surface area contributed by atoms with Gasteiger partial charge >= 0.3 is 0 Å². The molecule has 1 aliphatic heterocycles. The number of amides is 1. The molecule has 6 nitrogen and oxygen atoms in total. The van der Waals surface area contributed by atoms with Crippen LogP contribution in [0.3, 0.4) is 0 Å². The minimum absolute atomic E-state index is 0.733. The van der Waals surface area contributed by atoms with Crippen molar-refractivity contribution in [1.29, 1.82) is 0 Å². The molecular formula is C19H25N5O. The first-order valence-electron chi connectivity index (χ1n) is 8.75. The molecule has 1 fully saturated rings. The Morgan fingerprint density at radius 1 is 1.12 bits per heavy atom. The molecule has 3 rings (SSSR count). The van der Waals surface area contributed by atoms with E-state index in [1.165, 1.54) is 5.56 Å². The van der Waals surface area contributed by atoms with Crippen molar-refractivity contribution < 1.29 is 4.79 Å². The molecule has 0 spiro atoms. The standard InChI is InChI=1S/C19H25N5O/c1-4-24(17-7-5-6-15(2)12-17)19-13-18(20-16(3)21-19)23-10-8-22(14-25)9-11-23/h5-7,12-14H,4,8-11H2,1-3H3. The summed E-state index contributed by atoms with van der Waals surface area (Å²) in [6.07, 6.45) is 0.921. The molecule has 2 heterocycles. The molecule has 1 aromatic carbocycles. The smallest absolute Gasteiger partial charge is 0.209 e. The Kier molecular flexibility index (Phi) is 5.16. The van der Waals surface area contributed by atoms with Gasteiger partial charge in [-0.25, -0.2) is 9.97 Å². The highest BCUT2D eigenvalue weighted by Gasteiger charge is 2.19. The summed E-state index contributed by atoms with van der Waals surface area (Å²) in [5.41, 5.74) is 2.37. The molecule has 1 aromatic heterocycles. The van der Waals surface area contributed by atoms with Gasteiger partial charge in [-0.05, 0) is 38.5 Å². The summed E-state index contributed by atoms with van der Waals surface area (Å²) in [6, 6.07) is 10.5. The normalized spacial score (nSPS) is 14.5. The van der Waals surface area contributed by atoms with E-state index < -0.39 is 0 Å². The lowest BCUT2D eigenvalue weighted by atomic mass is 10.2. The molecule has 1 aliphatic rings. The number of hydrogen-bond acceptors (Lipinski definition) is 5. The molecular weight excluding hydrogens is 314 g/mol. The SMILES string of the molecule is CCN(c1cccc(C)c1)c1cc(N2CCN(C=O)CC2)nc(C)n1. The van der Waals surface area contributed by atoms with Gasteiger partial charge in [-0.15, -0.1) is 0 Å². The number of aryl methyl sites for hydroxylation is 2. The minimum Gasteiger partial charge on any atom is -0.353 e. The number of benzene rings is 1. The van der Waals surface area contributed by atoms with Crippen molar-refractivity contribution >= 4 is 23.7 Å². The third kappa shape index (κ3) is 3.90. The number of carbonyl (C=O) groups excluding carboxylic acids is 1. The maximum absolute atomic E-state index is 10.9. The molecule has 0 aliphatic carbocycles. The molecule has 0 atom stereocenters. The van der Waals surface area contributed by atoms with Crippen molar-refractivity contribution in [3.63, 3.8) is 0 Å². The zero-order chi connectivity index (χ0) is 17.8. The fourth-order valence-electron chi connectivity index (χ4n) is 3.17. The van der Waals surface area contributed by atoms with Gasteiger partial charge in [0, 0.05) is 44.5 Å². The number of carbonyl (C=O) groups is 1. The molecule has 2 aromatic rings. The topological polar surface area (TPSA) is 52.6 Å². The second-order valence-corrected chi connectivity index (χ2v) is 6.34. The molecule has 1 saturated heterocycles. The van der Waals surface area contributed by atoms with Crippen LogP contribution in [0.2, 0.25) is 0 Å². The average Bonchev–Trinajstić information content (AvgIpc) is 2.62. The largest absolute Gasteiger partial charge is 0.353 e. The first kappa shape index (κ1) is 17.2. The molecule has 6 heteroatoms. The van der Waals surface area contributed by atoms with Crippen molar-refractivity contribution in [3.8, 4) is 0 Å². The monoisotopic (exact) mass is 339 g/mol. The van der Waals surface area contributed by atoms with Crippen molar-refractivity contribution in [2.24, 2.45) is 0 Å². The number of hydrogen-bond donors (Lipinski definition) is 0. The van der Waals surface area contributed by atoms with Crippen LogP contribution in [0.25, 0.3) is 0 Å². The molecule has 132 valence electrons. The highest BCUT2D eigenvalue weighted by atomic mass is 16.1. The molecule has 0 N–H and O–H groups in total. The van der Waals surface area contributed by atoms with Gasteiger partial charge in [-0.1, -0.05) is 12.1 Å². The van der Waals surface area contributed by atoms with E-state index in [1.807, 2.05) is 6.92 Å². The van der Waals surface area contributed by atoms with E-state index in [4.69, 9.17) is 0 Å². The number of aromatic nitrogens is 2. The Bertz CT molecular complexity index is 740. The summed E-state index contributed by atoms with van der Waals surface area (Å²) >= 11 is 0.